The van der Waals surface area contributed by atoms with Crippen LogP contribution in [0.2, 0.25) is 0 Å². The molecule has 0 aliphatic heterocycles. The Morgan fingerprint density at radius 3 is 2.46 bits per heavy atom. The average Bonchev–Trinajstić information content (AvgIpc) is 2.19. The first-order valence-electron chi connectivity index (χ1n) is 5.62. The van der Waals surface area contributed by atoms with Gasteiger partial charge in [0.2, 0.25) is 0 Å². The molecule has 0 aromatic rings. The highest BCUT2D eigenvalue weighted by Gasteiger charge is 2.19. The average molecular weight is 185 g/mol. The van der Waals surface area contributed by atoms with Crippen molar-refractivity contribution < 1.29 is 5.11 Å². The zero-order chi connectivity index (χ0) is 9.68. The van der Waals surface area contributed by atoms with Gasteiger partial charge in [0.15, 0.2) is 0 Å². The summed E-state index contributed by atoms with van der Waals surface area (Å²) in [5, 5.41) is 9.52. The van der Waals surface area contributed by atoms with Crippen LogP contribution in [0.1, 0.15) is 45.4 Å². The highest BCUT2D eigenvalue weighted by atomic mass is 16.3. The van der Waals surface area contributed by atoms with Crippen LogP contribution in [-0.4, -0.2) is 35.7 Å². The third-order valence-electron chi connectivity index (χ3n) is 3.17. The van der Waals surface area contributed by atoms with Crippen LogP contribution in [-0.2, 0) is 0 Å². The molecule has 1 fully saturated rings. The molecule has 2 heteroatoms. The van der Waals surface area contributed by atoms with Crippen molar-refractivity contribution in [2.75, 3.05) is 13.6 Å². The molecule has 0 bridgehead atoms. The Morgan fingerprint density at radius 1 is 1.31 bits per heavy atom. The van der Waals surface area contributed by atoms with E-state index in [1.165, 1.54) is 32.1 Å². The molecule has 1 saturated carbocycles. The van der Waals surface area contributed by atoms with Crippen molar-refractivity contribution in [1.82, 2.24) is 4.90 Å². The first-order valence-corrected chi connectivity index (χ1v) is 5.62. The maximum atomic E-state index is 9.52. The van der Waals surface area contributed by atoms with Crippen molar-refractivity contribution in [3.63, 3.8) is 0 Å². The van der Waals surface area contributed by atoms with E-state index in [1.807, 2.05) is 6.92 Å². The molecule has 1 aliphatic carbocycles. The molecule has 0 radical (unpaired) electrons. The van der Waals surface area contributed by atoms with Crippen molar-refractivity contribution >= 4 is 0 Å². The largest absolute Gasteiger partial charge is 0.392 e. The van der Waals surface area contributed by atoms with Crippen LogP contribution < -0.4 is 0 Å². The minimum Gasteiger partial charge on any atom is -0.392 e. The van der Waals surface area contributed by atoms with Crippen molar-refractivity contribution in [3.05, 3.63) is 0 Å². The fourth-order valence-electron chi connectivity index (χ4n) is 2.13. The van der Waals surface area contributed by atoms with E-state index in [2.05, 4.69) is 11.9 Å². The Hall–Kier alpha value is -0.0800. The lowest BCUT2D eigenvalue weighted by Gasteiger charge is -2.32. The molecule has 0 saturated heterocycles. The fourth-order valence-corrected chi connectivity index (χ4v) is 2.13. The number of hydrogen-bond acceptors (Lipinski definition) is 2. The van der Waals surface area contributed by atoms with Crippen LogP contribution in [0.4, 0.5) is 0 Å². The van der Waals surface area contributed by atoms with Gasteiger partial charge in [0.25, 0.3) is 0 Å². The Balaban J connectivity index is 2.24. The van der Waals surface area contributed by atoms with Crippen molar-refractivity contribution in [2.24, 2.45) is 0 Å². The Bertz CT molecular complexity index is 132. The molecule has 0 heterocycles. The minimum atomic E-state index is -0.132. The number of hydrogen-bond donors (Lipinski definition) is 1. The summed E-state index contributed by atoms with van der Waals surface area (Å²) in [6, 6.07) is 0.731. The Morgan fingerprint density at radius 2 is 1.92 bits per heavy atom. The van der Waals surface area contributed by atoms with Crippen LogP contribution in [0.5, 0.6) is 0 Å². The van der Waals surface area contributed by atoms with E-state index >= 15 is 0 Å². The predicted octanol–water partition coefficient (Wildman–Crippen LogP) is 2.02. The second-order valence-electron chi connectivity index (χ2n) is 4.29. The lowest BCUT2D eigenvalue weighted by Crippen LogP contribution is -2.38. The summed E-state index contributed by atoms with van der Waals surface area (Å²) in [5.74, 6) is 0. The summed E-state index contributed by atoms with van der Waals surface area (Å²) in [6.45, 7) is 2.89. The summed E-state index contributed by atoms with van der Waals surface area (Å²) in [4.78, 5) is 2.34. The van der Waals surface area contributed by atoms with E-state index in [0.717, 1.165) is 19.0 Å². The summed E-state index contributed by atoms with van der Waals surface area (Å²) in [6.07, 6.45) is 7.54. The molecule has 0 amide bonds. The second-order valence-corrected chi connectivity index (χ2v) is 4.29. The van der Waals surface area contributed by atoms with E-state index in [4.69, 9.17) is 0 Å². The molecule has 0 aromatic heterocycles. The fraction of sp³-hybridized carbons (Fsp3) is 1.00. The molecule has 13 heavy (non-hydrogen) atoms. The summed E-state index contributed by atoms with van der Waals surface area (Å²) in [7, 11) is 2.15. The third-order valence-corrected chi connectivity index (χ3v) is 3.17. The minimum absolute atomic E-state index is 0.132. The van der Waals surface area contributed by atoms with E-state index in [0.29, 0.717) is 0 Å². The lowest BCUT2D eigenvalue weighted by molar-refractivity contribution is 0.0889. The predicted molar refractivity (Wildman–Crippen MR) is 55.8 cm³/mol. The zero-order valence-corrected chi connectivity index (χ0v) is 9.00. The van der Waals surface area contributed by atoms with E-state index in [-0.39, 0.29) is 6.10 Å². The summed E-state index contributed by atoms with van der Waals surface area (Å²) in [5.41, 5.74) is 0. The maximum absolute atomic E-state index is 9.52. The van der Waals surface area contributed by atoms with Gasteiger partial charge < -0.3 is 10.0 Å². The van der Waals surface area contributed by atoms with E-state index < -0.39 is 0 Å². The molecule has 1 unspecified atom stereocenters. The van der Waals surface area contributed by atoms with Crippen LogP contribution in [0.3, 0.4) is 0 Å². The first kappa shape index (κ1) is 11.0. The molecule has 0 aromatic carbocycles. The van der Waals surface area contributed by atoms with Gasteiger partial charge in [-0.1, -0.05) is 26.2 Å². The molecule has 1 aliphatic rings. The Labute approximate surface area is 81.9 Å². The van der Waals surface area contributed by atoms with Crippen molar-refractivity contribution in [1.29, 1.82) is 0 Å². The highest BCUT2D eigenvalue weighted by molar-refractivity contribution is 4.74. The number of aliphatic hydroxyl groups excluding tert-OH is 1. The van der Waals surface area contributed by atoms with Crippen LogP contribution in [0.25, 0.3) is 0 Å². The molecular formula is C11H23NO. The maximum Gasteiger partial charge on any atom is 0.0664 e. The van der Waals surface area contributed by atoms with Gasteiger partial charge in [0, 0.05) is 12.6 Å². The summed E-state index contributed by atoms with van der Waals surface area (Å²) >= 11 is 0. The molecule has 0 spiro atoms. The van der Waals surface area contributed by atoms with Crippen molar-refractivity contribution in [3.8, 4) is 0 Å². The van der Waals surface area contributed by atoms with Gasteiger partial charge in [-0.05, 0) is 26.3 Å². The smallest absolute Gasteiger partial charge is 0.0664 e. The van der Waals surface area contributed by atoms with Gasteiger partial charge in [-0.3, -0.25) is 0 Å². The summed E-state index contributed by atoms with van der Waals surface area (Å²) < 4.78 is 0. The molecule has 78 valence electrons. The SMILES string of the molecule is CCC(O)CN(C)C1CCCCC1. The number of rotatable bonds is 4. The van der Waals surface area contributed by atoms with E-state index in [1.54, 1.807) is 0 Å². The van der Waals surface area contributed by atoms with Gasteiger partial charge >= 0.3 is 0 Å². The number of likely N-dealkylation sites (N-methyl/N-ethyl adjacent to an activating group) is 1. The quantitative estimate of drug-likeness (QED) is 0.724. The van der Waals surface area contributed by atoms with Crippen molar-refractivity contribution in [2.45, 2.75) is 57.6 Å². The van der Waals surface area contributed by atoms with E-state index in [9.17, 15) is 5.11 Å². The zero-order valence-electron chi connectivity index (χ0n) is 9.00. The number of nitrogens with zero attached hydrogens (tertiary/aromatic N) is 1. The standard InChI is InChI=1S/C11H23NO/c1-3-11(13)9-12(2)10-7-5-4-6-8-10/h10-11,13H,3-9H2,1-2H3. The molecule has 1 rings (SSSR count). The first-order chi connectivity index (χ1) is 6.24. The monoisotopic (exact) mass is 185 g/mol. The highest BCUT2D eigenvalue weighted by Crippen LogP contribution is 2.21. The Kier molecular flexibility index (Phi) is 4.74. The molecular weight excluding hydrogens is 162 g/mol. The topological polar surface area (TPSA) is 23.5 Å². The third kappa shape index (κ3) is 3.65. The van der Waals surface area contributed by atoms with Gasteiger partial charge in [-0.2, -0.15) is 0 Å². The lowest BCUT2D eigenvalue weighted by atomic mass is 9.94. The van der Waals surface area contributed by atoms with Gasteiger partial charge in [0.1, 0.15) is 0 Å². The second kappa shape index (κ2) is 5.61. The number of aliphatic hydroxyl groups is 1. The van der Waals surface area contributed by atoms with Crippen LogP contribution in [0, 0.1) is 0 Å². The van der Waals surface area contributed by atoms with Gasteiger partial charge in [0.05, 0.1) is 6.10 Å². The van der Waals surface area contributed by atoms with Crippen LogP contribution >= 0.6 is 0 Å². The molecule has 2 nitrogen and oxygen atoms in total. The molecule has 1 N–H and O–H groups in total. The van der Waals surface area contributed by atoms with Gasteiger partial charge in [-0.25, -0.2) is 0 Å². The molecule has 1 atom stereocenters. The van der Waals surface area contributed by atoms with Gasteiger partial charge in [-0.15, -0.1) is 0 Å². The normalized spacial score (nSPS) is 22.2. The van der Waals surface area contributed by atoms with Crippen LogP contribution in [0.15, 0.2) is 0 Å².